The van der Waals surface area contributed by atoms with Crippen LogP contribution in [-0.2, 0) is 10.1 Å². The van der Waals surface area contributed by atoms with Crippen molar-refractivity contribution in [3.63, 3.8) is 0 Å². The van der Waals surface area contributed by atoms with E-state index in [2.05, 4.69) is 0 Å². The molecule has 76 valence electrons. The van der Waals surface area contributed by atoms with E-state index in [0.717, 1.165) is 18.2 Å². The monoisotopic (exact) mass is 236 g/mol. The molecule has 0 atom stereocenters. The van der Waals surface area contributed by atoms with E-state index in [4.69, 9.17) is 21.3 Å². The number of halogens is 1. The van der Waals surface area contributed by atoms with E-state index in [1.54, 1.807) is 0 Å². The van der Waals surface area contributed by atoms with Crippen LogP contribution in [0.4, 0.5) is 0 Å². The molecule has 0 aliphatic carbocycles. The molecule has 0 heterocycles. The van der Waals surface area contributed by atoms with Gasteiger partial charge in [0.15, 0.2) is 0 Å². The molecule has 0 amide bonds. The van der Waals surface area contributed by atoms with Crippen LogP contribution in [0.15, 0.2) is 23.1 Å². The fourth-order valence-corrected chi connectivity index (χ4v) is 1.69. The first kappa shape index (κ1) is 11.0. The summed E-state index contributed by atoms with van der Waals surface area (Å²) in [5.74, 6) is -1.32. The second kappa shape index (κ2) is 3.56. The number of hydrogen-bond acceptors (Lipinski definition) is 3. The van der Waals surface area contributed by atoms with Gasteiger partial charge in [0.05, 0.1) is 10.5 Å². The zero-order valence-electron chi connectivity index (χ0n) is 6.64. The molecule has 0 aliphatic heterocycles. The highest BCUT2D eigenvalue weighted by molar-refractivity contribution is 7.85. The van der Waals surface area contributed by atoms with Crippen LogP contribution in [0.5, 0.6) is 0 Å². The van der Waals surface area contributed by atoms with Gasteiger partial charge in [0.1, 0.15) is 0 Å². The molecule has 14 heavy (non-hydrogen) atoms. The van der Waals surface area contributed by atoms with Crippen molar-refractivity contribution in [3.05, 3.63) is 28.8 Å². The van der Waals surface area contributed by atoms with Gasteiger partial charge in [-0.05, 0) is 18.2 Å². The Hall–Kier alpha value is -1.11. The fraction of sp³-hybridized carbons (Fsp3) is 0. The lowest BCUT2D eigenvalue weighted by atomic mass is 10.2. The standard InChI is InChI=1S/C7H5ClO5S/c8-5-1-4(7(9)10)2-6(3-5)14(11,12)13/h1-3H,(H,9,10)(H,11,12,13). The Balaban J connectivity index is 3.43. The van der Waals surface area contributed by atoms with Gasteiger partial charge in [-0.15, -0.1) is 0 Å². The fourth-order valence-electron chi connectivity index (χ4n) is 0.835. The lowest BCUT2D eigenvalue weighted by Crippen LogP contribution is -2.02. The van der Waals surface area contributed by atoms with E-state index in [1.165, 1.54) is 0 Å². The van der Waals surface area contributed by atoms with E-state index < -0.39 is 21.0 Å². The molecule has 0 saturated heterocycles. The number of carbonyl (C=O) groups is 1. The molecule has 2 N–H and O–H groups in total. The zero-order chi connectivity index (χ0) is 10.9. The Bertz CT molecular complexity index is 479. The summed E-state index contributed by atoms with van der Waals surface area (Å²) in [4.78, 5) is 9.96. The lowest BCUT2D eigenvalue weighted by Gasteiger charge is -2.00. The van der Waals surface area contributed by atoms with Crippen LogP contribution in [-0.4, -0.2) is 24.0 Å². The molecule has 0 fully saturated rings. The summed E-state index contributed by atoms with van der Waals surface area (Å²) >= 11 is 5.46. The number of hydrogen-bond donors (Lipinski definition) is 2. The van der Waals surface area contributed by atoms with Gasteiger partial charge in [0, 0.05) is 5.02 Å². The Labute approximate surface area is 84.7 Å². The van der Waals surface area contributed by atoms with Crippen LogP contribution >= 0.6 is 11.6 Å². The van der Waals surface area contributed by atoms with Gasteiger partial charge in [-0.1, -0.05) is 11.6 Å². The van der Waals surface area contributed by atoms with Crippen molar-refractivity contribution in [2.24, 2.45) is 0 Å². The summed E-state index contributed by atoms with van der Waals surface area (Å²) in [5.41, 5.74) is -0.301. The molecule has 5 nitrogen and oxygen atoms in total. The number of benzene rings is 1. The van der Waals surface area contributed by atoms with E-state index in [-0.39, 0.29) is 10.6 Å². The molecule has 0 aromatic heterocycles. The van der Waals surface area contributed by atoms with Gasteiger partial charge < -0.3 is 5.11 Å². The normalized spacial score (nSPS) is 11.3. The van der Waals surface area contributed by atoms with Crippen molar-refractivity contribution in [2.75, 3.05) is 0 Å². The first-order valence-electron chi connectivity index (χ1n) is 3.32. The van der Waals surface area contributed by atoms with Crippen molar-refractivity contribution in [1.82, 2.24) is 0 Å². The zero-order valence-corrected chi connectivity index (χ0v) is 8.21. The molecule has 0 spiro atoms. The van der Waals surface area contributed by atoms with E-state index in [1.807, 2.05) is 0 Å². The Morgan fingerprint density at radius 2 is 1.86 bits per heavy atom. The van der Waals surface area contributed by atoms with Crippen LogP contribution in [0.25, 0.3) is 0 Å². The molecule has 1 aromatic rings. The van der Waals surface area contributed by atoms with Crippen LogP contribution < -0.4 is 0 Å². The van der Waals surface area contributed by atoms with Crippen molar-refractivity contribution < 1.29 is 22.9 Å². The predicted octanol–water partition coefficient (Wildman–Crippen LogP) is 1.28. The summed E-state index contributed by atoms with van der Waals surface area (Å²) in [7, 11) is -4.43. The number of carboxylic acid groups (broad SMARTS) is 1. The van der Waals surface area contributed by atoms with Crippen LogP contribution in [0.3, 0.4) is 0 Å². The molecule has 1 rings (SSSR count). The van der Waals surface area contributed by atoms with Gasteiger partial charge in [0.25, 0.3) is 10.1 Å². The topological polar surface area (TPSA) is 91.7 Å². The average Bonchev–Trinajstić information content (AvgIpc) is 2.01. The first-order chi connectivity index (χ1) is 6.30. The summed E-state index contributed by atoms with van der Waals surface area (Å²) in [6.45, 7) is 0. The van der Waals surface area contributed by atoms with Gasteiger partial charge in [-0.3, -0.25) is 4.55 Å². The van der Waals surface area contributed by atoms with Crippen molar-refractivity contribution in [3.8, 4) is 0 Å². The highest BCUT2D eigenvalue weighted by atomic mass is 35.5. The van der Waals surface area contributed by atoms with Gasteiger partial charge in [0.2, 0.25) is 0 Å². The molecule has 0 saturated carbocycles. The predicted molar refractivity (Wildman–Crippen MR) is 48.2 cm³/mol. The lowest BCUT2D eigenvalue weighted by molar-refractivity contribution is 0.0696. The second-order valence-corrected chi connectivity index (χ2v) is 4.31. The third-order valence-corrected chi connectivity index (χ3v) is 2.47. The summed E-state index contributed by atoms with van der Waals surface area (Å²) < 4.78 is 30.0. The van der Waals surface area contributed by atoms with Crippen molar-refractivity contribution in [2.45, 2.75) is 4.90 Å². The van der Waals surface area contributed by atoms with Crippen LogP contribution in [0.1, 0.15) is 10.4 Å². The Morgan fingerprint density at radius 1 is 1.29 bits per heavy atom. The third-order valence-electron chi connectivity index (χ3n) is 1.42. The highest BCUT2D eigenvalue weighted by Gasteiger charge is 2.14. The van der Waals surface area contributed by atoms with E-state index >= 15 is 0 Å². The van der Waals surface area contributed by atoms with Crippen LogP contribution in [0.2, 0.25) is 5.02 Å². The molecule has 7 heteroatoms. The van der Waals surface area contributed by atoms with Crippen molar-refractivity contribution >= 4 is 27.7 Å². The summed E-state index contributed by atoms with van der Waals surface area (Å²) in [6, 6.07) is 2.87. The van der Waals surface area contributed by atoms with Crippen LogP contribution in [0, 0.1) is 0 Å². The molecule has 0 radical (unpaired) electrons. The first-order valence-corrected chi connectivity index (χ1v) is 5.14. The Morgan fingerprint density at radius 3 is 2.29 bits per heavy atom. The van der Waals surface area contributed by atoms with E-state index in [0.29, 0.717) is 0 Å². The minimum atomic E-state index is -4.43. The minimum absolute atomic E-state index is 0.0717. The quantitative estimate of drug-likeness (QED) is 0.755. The second-order valence-electron chi connectivity index (χ2n) is 2.46. The molecule has 0 unspecified atom stereocenters. The molecule has 1 aromatic carbocycles. The molecular formula is C7H5ClO5S. The van der Waals surface area contributed by atoms with Crippen molar-refractivity contribution in [1.29, 1.82) is 0 Å². The molecule has 0 bridgehead atoms. The van der Waals surface area contributed by atoms with Gasteiger partial charge in [-0.25, -0.2) is 4.79 Å². The Kier molecular flexibility index (Phi) is 2.79. The van der Waals surface area contributed by atoms with E-state index in [9.17, 15) is 13.2 Å². The molecular weight excluding hydrogens is 232 g/mol. The third kappa shape index (κ3) is 2.44. The largest absolute Gasteiger partial charge is 0.478 e. The van der Waals surface area contributed by atoms with Gasteiger partial charge >= 0.3 is 5.97 Å². The maximum atomic E-state index is 10.7. The SMILES string of the molecule is O=C(O)c1cc(Cl)cc(S(=O)(=O)O)c1. The smallest absolute Gasteiger partial charge is 0.335 e. The molecule has 0 aliphatic rings. The summed E-state index contributed by atoms with van der Waals surface area (Å²) in [6.07, 6.45) is 0. The number of carboxylic acids is 1. The average molecular weight is 237 g/mol. The van der Waals surface area contributed by atoms with Gasteiger partial charge in [-0.2, -0.15) is 8.42 Å². The number of rotatable bonds is 2. The number of aromatic carboxylic acids is 1. The maximum absolute atomic E-state index is 10.7. The minimum Gasteiger partial charge on any atom is -0.478 e. The highest BCUT2D eigenvalue weighted by Crippen LogP contribution is 2.18. The summed E-state index contributed by atoms with van der Waals surface area (Å²) in [5, 5.41) is 8.49. The maximum Gasteiger partial charge on any atom is 0.335 e.